The highest BCUT2D eigenvalue weighted by Gasteiger charge is 2.20. The Bertz CT molecular complexity index is 1980. The first-order chi connectivity index (χ1) is 24.3. The van der Waals surface area contributed by atoms with Crippen LogP contribution in [0.1, 0.15) is 38.8 Å². The molecule has 3 N–H and O–H groups in total. The van der Waals surface area contributed by atoms with Crippen LogP contribution < -0.4 is 20.7 Å². The first-order valence-electron chi connectivity index (χ1n) is 15.7. The Kier molecular flexibility index (Phi) is 12.2. The number of esters is 1. The van der Waals surface area contributed by atoms with E-state index in [1.54, 1.807) is 110 Å². The molecule has 9 nitrogen and oxygen atoms in total. The van der Waals surface area contributed by atoms with Gasteiger partial charge in [-0.2, -0.15) is 0 Å². The summed E-state index contributed by atoms with van der Waals surface area (Å²) >= 11 is 1.28. The number of carbonyl (C=O) groups excluding carboxylic acids is 4. The molecule has 3 amide bonds. The van der Waals surface area contributed by atoms with Crippen LogP contribution in [0.4, 0.5) is 11.4 Å². The van der Waals surface area contributed by atoms with Crippen LogP contribution in [-0.2, 0) is 20.9 Å². The summed E-state index contributed by atoms with van der Waals surface area (Å²) in [4.78, 5) is 52.6. The quantitative estimate of drug-likeness (QED) is 0.0664. The van der Waals surface area contributed by atoms with Crippen molar-refractivity contribution in [2.75, 3.05) is 17.7 Å². The molecule has 0 spiro atoms. The average Bonchev–Trinajstić information content (AvgIpc) is 3.15. The minimum atomic E-state index is -0.553. The molecule has 0 aromatic heterocycles. The van der Waals surface area contributed by atoms with Gasteiger partial charge in [-0.1, -0.05) is 78.9 Å². The van der Waals surface area contributed by atoms with Gasteiger partial charge in [-0.05, 0) is 78.7 Å². The van der Waals surface area contributed by atoms with Crippen molar-refractivity contribution in [2.45, 2.75) is 23.7 Å². The molecule has 0 heterocycles. The molecule has 0 saturated carbocycles. The van der Waals surface area contributed by atoms with Crippen LogP contribution in [0.3, 0.4) is 0 Å². The van der Waals surface area contributed by atoms with E-state index < -0.39 is 23.0 Å². The molecule has 10 heteroatoms. The molecule has 5 rings (SSSR count). The molecule has 5 aromatic rings. The molecule has 50 heavy (non-hydrogen) atoms. The fourth-order valence-corrected chi connectivity index (χ4v) is 5.65. The third-order valence-electron chi connectivity index (χ3n) is 7.33. The zero-order valence-corrected chi connectivity index (χ0v) is 28.2. The molecule has 252 valence electrons. The topological polar surface area (TPSA) is 123 Å². The number of hydrogen-bond acceptors (Lipinski definition) is 7. The smallest absolute Gasteiger partial charge is 0.339 e. The van der Waals surface area contributed by atoms with E-state index >= 15 is 0 Å². The van der Waals surface area contributed by atoms with Gasteiger partial charge in [0.25, 0.3) is 11.8 Å². The Labute approximate surface area is 294 Å². The lowest BCUT2D eigenvalue weighted by molar-refractivity contribution is -0.115. The van der Waals surface area contributed by atoms with Crippen molar-refractivity contribution in [1.82, 2.24) is 5.32 Å². The van der Waals surface area contributed by atoms with Crippen molar-refractivity contribution >= 4 is 52.9 Å². The predicted octanol–water partition coefficient (Wildman–Crippen LogP) is 7.58. The van der Waals surface area contributed by atoms with Gasteiger partial charge in [0.2, 0.25) is 5.91 Å². The number of carbonyl (C=O) groups is 4. The second-order valence-corrected chi connectivity index (χ2v) is 12.4. The van der Waals surface area contributed by atoms with Gasteiger partial charge in [-0.25, -0.2) is 4.79 Å². The van der Waals surface area contributed by atoms with Gasteiger partial charge in [0.1, 0.15) is 18.1 Å². The number of methoxy groups -OCH3 is 1. The van der Waals surface area contributed by atoms with Crippen molar-refractivity contribution in [3.8, 4) is 5.75 Å². The van der Waals surface area contributed by atoms with Crippen LogP contribution in [0.2, 0.25) is 0 Å². The van der Waals surface area contributed by atoms with Crippen molar-refractivity contribution in [2.24, 2.45) is 0 Å². The first-order valence-corrected chi connectivity index (χ1v) is 16.6. The van der Waals surface area contributed by atoms with Crippen molar-refractivity contribution in [3.05, 3.63) is 161 Å². The van der Waals surface area contributed by atoms with Crippen LogP contribution in [0.25, 0.3) is 6.08 Å². The van der Waals surface area contributed by atoms with E-state index in [0.29, 0.717) is 34.9 Å². The lowest BCUT2D eigenvalue weighted by Gasteiger charge is -2.15. The van der Waals surface area contributed by atoms with E-state index in [4.69, 9.17) is 9.47 Å². The van der Waals surface area contributed by atoms with Gasteiger partial charge in [0.05, 0.1) is 23.6 Å². The maximum atomic E-state index is 13.6. The third kappa shape index (κ3) is 9.94. The fourth-order valence-electron chi connectivity index (χ4n) is 4.73. The minimum Gasteiger partial charge on any atom is -0.489 e. The van der Waals surface area contributed by atoms with Gasteiger partial charge >= 0.3 is 5.97 Å². The summed E-state index contributed by atoms with van der Waals surface area (Å²) in [5.41, 5.74) is 3.22. The average molecular weight is 686 g/mol. The predicted molar refractivity (Wildman–Crippen MR) is 196 cm³/mol. The molecule has 0 radical (unpaired) electrons. The highest BCUT2D eigenvalue weighted by atomic mass is 32.2. The second kappa shape index (κ2) is 17.3. The number of ether oxygens (including phenoxy) is 2. The zero-order valence-electron chi connectivity index (χ0n) is 27.4. The SMILES string of the molecule is COC(=O)c1ccccc1NC(=O)C(C)Sc1cccc(NC(=O)/C(=C\c2ccc(OCc3ccccc3)cc2)NC(=O)c2ccccc2)c1. The summed E-state index contributed by atoms with van der Waals surface area (Å²) in [6.07, 6.45) is 1.59. The number of benzene rings is 5. The van der Waals surface area contributed by atoms with Crippen LogP contribution in [0.5, 0.6) is 5.75 Å². The van der Waals surface area contributed by atoms with Crippen molar-refractivity contribution < 1.29 is 28.7 Å². The minimum absolute atomic E-state index is 0.0341. The number of nitrogens with one attached hydrogen (secondary N) is 3. The number of para-hydroxylation sites is 1. The summed E-state index contributed by atoms with van der Waals surface area (Å²) in [5, 5.41) is 7.86. The van der Waals surface area contributed by atoms with Crippen LogP contribution >= 0.6 is 11.8 Å². The molecule has 0 aliphatic rings. The third-order valence-corrected chi connectivity index (χ3v) is 8.43. The summed E-state index contributed by atoms with van der Waals surface area (Å²) in [5.74, 6) is -1.18. The molecular formula is C40H35N3O6S. The maximum Gasteiger partial charge on any atom is 0.339 e. The van der Waals surface area contributed by atoms with Crippen molar-refractivity contribution in [3.63, 3.8) is 0 Å². The molecule has 0 fully saturated rings. The summed E-state index contributed by atoms with van der Waals surface area (Å²) in [7, 11) is 1.28. The summed E-state index contributed by atoms with van der Waals surface area (Å²) in [6, 6.07) is 39.3. The van der Waals surface area contributed by atoms with Gasteiger partial charge < -0.3 is 25.4 Å². The highest BCUT2D eigenvalue weighted by molar-refractivity contribution is 8.00. The van der Waals surface area contributed by atoms with Crippen LogP contribution in [0.15, 0.2) is 144 Å². The normalized spacial score (nSPS) is 11.5. The van der Waals surface area contributed by atoms with E-state index in [0.717, 1.165) is 10.5 Å². The van der Waals surface area contributed by atoms with E-state index in [2.05, 4.69) is 16.0 Å². The standard InChI is InChI=1S/C40H35N3O6S/c1-27(37(44)42-35-19-10-9-18-34(35)40(47)48-2)50-33-17-11-16-31(25-33)41-39(46)36(43-38(45)30-14-7-4-8-15-30)24-28-20-22-32(23-21-28)49-26-29-12-5-3-6-13-29/h3-25,27H,26H2,1-2H3,(H,41,46)(H,42,44)(H,43,45)/b36-24+. The number of amides is 3. The van der Waals surface area contributed by atoms with E-state index in [1.807, 2.05) is 36.4 Å². The summed E-state index contributed by atoms with van der Waals surface area (Å²) in [6.45, 7) is 2.16. The molecule has 1 atom stereocenters. The van der Waals surface area contributed by atoms with Crippen LogP contribution in [0, 0.1) is 0 Å². The Balaban J connectivity index is 1.28. The molecule has 1 unspecified atom stereocenters. The van der Waals surface area contributed by atoms with Crippen LogP contribution in [-0.4, -0.2) is 36.1 Å². The molecule has 5 aromatic carbocycles. The number of hydrogen-bond donors (Lipinski definition) is 3. The Morgan fingerprint density at radius 3 is 2.16 bits per heavy atom. The van der Waals surface area contributed by atoms with Crippen molar-refractivity contribution in [1.29, 1.82) is 0 Å². The lowest BCUT2D eigenvalue weighted by atomic mass is 10.1. The lowest BCUT2D eigenvalue weighted by Crippen LogP contribution is -2.30. The monoisotopic (exact) mass is 685 g/mol. The Morgan fingerprint density at radius 2 is 1.44 bits per heavy atom. The highest BCUT2D eigenvalue weighted by Crippen LogP contribution is 2.28. The van der Waals surface area contributed by atoms with Gasteiger partial charge in [0, 0.05) is 16.1 Å². The summed E-state index contributed by atoms with van der Waals surface area (Å²) < 4.78 is 10.7. The zero-order chi connectivity index (χ0) is 35.3. The number of thioether (sulfide) groups is 1. The molecule has 0 aliphatic carbocycles. The van der Waals surface area contributed by atoms with Gasteiger partial charge in [0.15, 0.2) is 0 Å². The Hall–Kier alpha value is -6.13. The van der Waals surface area contributed by atoms with E-state index in [1.165, 1.54) is 18.9 Å². The first kappa shape index (κ1) is 35.2. The van der Waals surface area contributed by atoms with E-state index in [-0.39, 0.29) is 17.2 Å². The molecule has 0 saturated heterocycles. The second-order valence-electron chi connectivity index (χ2n) is 11.0. The van der Waals surface area contributed by atoms with Gasteiger partial charge in [-0.15, -0.1) is 11.8 Å². The van der Waals surface area contributed by atoms with E-state index in [9.17, 15) is 19.2 Å². The van der Waals surface area contributed by atoms with Gasteiger partial charge in [-0.3, -0.25) is 14.4 Å². The number of anilines is 2. The molecule has 0 bridgehead atoms. The molecule has 0 aliphatic heterocycles. The number of rotatable bonds is 13. The largest absolute Gasteiger partial charge is 0.489 e. The maximum absolute atomic E-state index is 13.6. The fraction of sp³-hybridized carbons (Fsp3) is 0.100. The molecular weight excluding hydrogens is 651 g/mol. The Morgan fingerprint density at radius 1 is 0.760 bits per heavy atom.